The third-order valence-electron chi connectivity index (χ3n) is 1.63. The quantitative estimate of drug-likeness (QED) is 0.371. The predicted octanol–water partition coefficient (Wildman–Crippen LogP) is 1.46. The molecule has 1 rings (SSSR count). The second kappa shape index (κ2) is 2.44. The molecule has 0 saturated carbocycles. The summed E-state index contributed by atoms with van der Waals surface area (Å²) in [6, 6.07) is 0. The molecule has 0 amide bonds. The van der Waals surface area contributed by atoms with Crippen molar-refractivity contribution < 1.29 is 13.7 Å². The fourth-order valence-electron chi connectivity index (χ4n) is 1.08. The van der Waals surface area contributed by atoms with Crippen LogP contribution in [0, 0.1) is 0 Å². The second-order valence-electron chi connectivity index (χ2n) is 2.95. The van der Waals surface area contributed by atoms with E-state index in [9.17, 15) is 4.79 Å². The summed E-state index contributed by atoms with van der Waals surface area (Å²) in [7, 11) is 0. The zero-order valence-corrected chi connectivity index (χ0v) is 7.57. The van der Waals surface area contributed by atoms with E-state index in [0.29, 0.717) is 11.3 Å². The summed E-state index contributed by atoms with van der Waals surface area (Å²) in [5.41, 5.74) is -0.173. The molecular weight excluding hydrogens is 164 g/mol. The second-order valence-corrected chi connectivity index (χ2v) is 3.13. The van der Waals surface area contributed by atoms with E-state index < -0.39 is 5.60 Å². The highest BCUT2D eigenvalue weighted by atomic mass is 32.1. The number of esters is 1. The first-order valence-electron chi connectivity index (χ1n) is 3.25. The summed E-state index contributed by atoms with van der Waals surface area (Å²) in [6.07, 6.45) is 0. The largest absolute Gasteiger partial charge is 0.448 e. The highest BCUT2D eigenvalue weighted by molar-refractivity contribution is 7.75. The molecule has 0 aromatic carbocycles. The standard InChI is InChI=1S/C7H10O3S/c1-4-5(10-11)7(2,3)9-6(4)8/h11H,1-3H3. The predicted molar refractivity (Wildman–Crippen MR) is 42.9 cm³/mol. The van der Waals surface area contributed by atoms with Crippen LogP contribution in [-0.2, 0) is 13.7 Å². The first kappa shape index (κ1) is 8.46. The molecule has 1 aliphatic rings. The first-order valence-corrected chi connectivity index (χ1v) is 3.61. The number of hydrogen-bond donors (Lipinski definition) is 1. The van der Waals surface area contributed by atoms with E-state index in [-0.39, 0.29) is 5.97 Å². The van der Waals surface area contributed by atoms with Gasteiger partial charge in [-0.1, -0.05) is 0 Å². The van der Waals surface area contributed by atoms with Gasteiger partial charge in [0.1, 0.15) is 0 Å². The summed E-state index contributed by atoms with van der Waals surface area (Å²) >= 11 is 3.64. The van der Waals surface area contributed by atoms with Gasteiger partial charge in [-0.2, -0.15) is 0 Å². The number of cyclic esters (lactones) is 1. The Morgan fingerprint density at radius 2 is 2.09 bits per heavy atom. The normalized spacial score (nSPS) is 22.0. The Balaban J connectivity index is 3.06. The molecule has 0 fully saturated rings. The molecule has 1 aliphatic heterocycles. The molecule has 11 heavy (non-hydrogen) atoms. The molecule has 0 aromatic rings. The lowest BCUT2D eigenvalue weighted by Gasteiger charge is -2.18. The number of ether oxygens (including phenoxy) is 1. The lowest BCUT2D eigenvalue weighted by Crippen LogP contribution is -2.23. The van der Waals surface area contributed by atoms with Crippen molar-refractivity contribution in [3.63, 3.8) is 0 Å². The first-order chi connectivity index (χ1) is 4.99. The van der Waals surface area contributed by atoms with Crippen LogP contribution in [-0.4, -0.2) is 11.6 Å². The monoisotopic (exact) mass is 174 g/mol. The topological polar surface area (TPSA) is 35.5 Å². The SMILES string of the molecule is CC1=C(OS)C(C)(C)OC1=O. The smallest absolute Gasteiger partial charge is 0.338 e. The van der Waals surface area contributed by atoms with Crippen molar-refractivity contribution in [3.05, 3.63) is 11.3 Å². The number of rotatable bonds is 1. The molecule has 4 heteroatoms. The van der Waals surface area contributed by atoms with Crippen molar-refractivity contribution in [2.24, 2.45) is 0 Å². The minimum Gasteiger partial charge on any atom is -0.448 e. The summed E-state index contributed by atoms with van der Waals surface area (Å²) < 4.78 is 9.71. The lowest BCUT2D eigenvalue weighted by molar-refractivity contribution is -0.145. The van der Waals surface area contributed by atoms with Gasteiger partial charge >= 0.3 is 5.97 Å². The van der Waals surface area contributed by atoms with Gasteiger partial charge in [0.2, 0.25) is 0 Å². The van der Waals surface area contributed by atoms with E-state index in [0.717, 1.165) is 0 Å². The third kappa shape index (κ3) is 1.22. The van der Waals surface area contributed by atoms with Crippen molar-refractivity contribution in [1.82, 2.24) is 0 Å². The molecule has 0 spiro atoms. The van der Waals surface area contributed by atoms with Gasteiger partial charge < -0.3 is 8.92 Å². The Morgan fingerprint density at radius 3 is 2.27 bits per heavy atom. The van der Waals surface area contributed by atoms with Gasteiger partial charge in [0.15, 0.2) is 11.4 Å². The van der Waals surface area contributed by atoms with Gasteiger partial charge in [-0.05, 0) is 20.8 Å². The van der Waals surface area contributed by atoms with E-state index in [1.54, 1.807) is 20.8 Å². The van der Waals surface area contributed by atoms with E-state index in [4.69, 9.17) is 8.92 Å². The van der Waals surface area contributed by atoms with E-state index in [2.05, 4.69) is 12.9 Å². The van der Waals surface area contributed by atoms with Gasteiger partial charge in [-0.3, -0.25) is 0 Å². The Morgan fingerprint density at radius 1 is 1.55 bits per heavy atom. The van der Waals surface area contributed by atoms with Crippen LogP contribution in [0.5, 0.6) is 0 Å². The van der Waals surface area contributed by atoms with Crippen molar-refractivity contribution >= 4 is 18.9 Å². The van der Waals surface area contributed by atoms with Crippen LogP contribution in [0.2, 0.25) is 0 Å². The Kier molecular flexibility index (Phi) is 1.88. The van der Waals surface area contributed by atoms with E-state index >= 15 is 0 Å². The molecule has 1 heterocycles. The van der Waals surface area contributed by atoms with Gasteiger partial charge in [-0.15, -0.1) is 0 Å². The highest BCUT2D eigenvalue weighted by Crippen LogP contribution is 2.33. The molecule has 3 nitrogen and oxygen atoms in total. The Hall–Kier alpha value is -0.640. The molecule has 0 bridgehead atoms. The van der Waals surface area contributed by atoms with Gasteiger partial charge in [0, 0.05) is 12.9 Å². The average molecular weight is 174 g/mol. The highest BCUT2D eigenvalue weighted by Gasteiger charge is 2.40. The van der Waals surface area contributed by atoms with Crippen LogP contribution in [0.4, 0.5) is 0 Å². The van der Waals surface area contributed by atoms with Crippen molar-refractivity contribution in [1.29, 1.82) is 0 Å². The van der Waals surface area contributed by atoms with Crippen molar-refractivity contribution in [2.75, 3.05) is 0 Å². The van der Waals surface area contributed by atoms with Crippen LogP contribution in [0.3, 0.4) is 0 Å². The number of hydrogen-bond acceptors (Lipinski definition) is 4. The Labute approximate surface area is 71.0 Å². The third-order valence-corrected chi connectivity index (χ3v) is 1.82. The zero-order valence-electron chi connectivity index (χ0n) is 6.67. The fourth-order valence-corrected chi connectivity index (χ4v) is 1.43. The van der Waals surface area contributed by atoms with Crippen LogP contribution in [0.15, 0.2) is 11.3 Å². The molecule has 0 unspecified atom stereocenters. The summed E-state index contributed by atoms with van der Waals surface area (Å²) in [5.74, 6) is 0.157. The van der Waals surface area contributed by atoms with Crippen molar-refractivity contribution in [2.45, 2.75) is 26.4 Å². The van der Waals surface area contributed by atoms with E-state index in [1.165, 1.54) is 0 Å². The fraction of sp³-hybridized carbons (Fsp3) is 0.571. The maximum Gasteiger partial charge on any atom is 0.338 e. The molecular formula is C7H10O3S. The minimum atomic E-state index is -0.664. The average Bonchev–Trinajstić information content (AvgIpc) is 2.03. The number of carbonyl (C=O) groups is 1. The van der Waals surface area contributed by atoms with Crippen LogP contribution < -0.4 is 0 Å². The van der Waals surface area contributed by atoms with Crippen LogP contribution in [0.25, 0.3) is 0 Å². The maximum atomic E-state index is 11.0. The molecule has 0 N–H and O–H groups in total. The van der Waals surface area contributed by atoms with Gasteiger partial charge in [-0.25, -0.2) is 4.79 Å². The Bertz CT molecular complexity index is 230. The number of thiol groups is 1. The summed E-state index contributed by atoms with van der Waals surface area (Å²) in [5, 5.41) is 0. The lowest BCUT2D eigenvalue weighted by atomic mass is 10.1. The molecule has 0 radical (unpaired) electrons. The molecule has 0 atom stereocenters. The number of carbonyl (C=O) groups excluding carboxylic acids is 1. The van der Waals surface area contributed by atoms with Gasteiger partial charge in [0.05, 0.1) is 5.57 Å². The van der Waals surface area contributed by atoms with Crippen LogP contribution in [0.1, 0.15) is 20.8 Å². The van der Waals surface area contributed by atoms with Crippen LogP contribution >= 0.6 is 12.9 Å². The van der Waals surface area contributed by atoms with E-state index in [1.807, 2.05) is 0 Å². The zero-order chi connectivity index (χ0) is 8.65. The molecule has 0 saturated heterocycles. The summed E-state index contributed by atoms with van der Waals surface area (Å²) in [6.45, 7) is 5.17. The molecule has 62 valence electrons. The van der Waals surface area contributed by atoms with Gasteiger partial charge in [0.25, 0.3) is 0 Å². The van der Waals surface area contributed by atoms with Crippen molar-refractivity contribution in [3.8, 4) is 0 Å². The minimum absolute atomic E-state index is 0.334. The maximum absolute atomic E-state index is 11.0. The molecule has 0 aromatic heterocycles. The summed E-state index contributed by atoms with van der Waals surface area (Å²) in [4.78, 5) is 11.0. The molecule has 0 aliphatic carbocycles.